The highest BCUT2D eigenvalue weighted by atomic mass is 16.3. The van der Waals surface area contributed by atoms with Gasteiger partial charge in [0.15, 0.2) is 0 Å². The van der Waals surface area contributed by atoms with Crippen molar-refractivity contribution >= 4 is 0 Å². The van der Waals surface area contributed by atoms with Crippen LogP contribution in [0, 0.1) is 29.1 Å². The summed E-state index contributed by atoms with van der Waals surface area (Å²) in [5.41, 5.74) is -0.103. The van der Waals surface area contributed by atoms with Crippen LogP contribution in [0.5, 0.6) is 0 Å². The third-order valence-electron chi connectivity index (χ3n) is 8.31. The molecule has 4 saturated carbocycles. The molecule has 0 aliphatic heterocycles. The van der Waals surface area contributed by atoms with Crippen LogP contribution in [-0.2, 0) is 0 Å². The Morgan fingerprint density at radius 2 is 1.62 bits per heavy atom. The van der Waals surface area contributed by atoms with Gasteiger partial charge in [-0.05, 0) is 86.9 Å². The molecule has 2 heteroatoms. The summed E-state index contributed by atoms with van der Waals surface area (Å²) in [4.78, 5) is 0. The molecule has 0 aromatic carbocycles. The lowest BCUT2D eigenvalue weighted by atomic mass is 9.48. The van der Waals surface area contributed by atoms with Crippen molar-refractivity contribution in [3.63, 3.8) is 0 Å². The van der Waals surface area contributed by atoms with Crippen LogP contribution in [0.15, 0.2) is 0 Å². The summed E-state index contributed by atoms with van der Waals surface area (Å²) in [5, 5.41) is 21.7. The van der Waals surface area contributed by atoms with Gasteiger partial charge in [0, 0.05) is 0 Å². The van der Waals surface area contributed by atoms with Gasteiger partial charge in [0.1, 0.15) is 0 Å². The molecule has 0 saturated heterocycles. The lowest BCUT2D eigenvalue weighted by Crippen LogP contribution is -2.56. The predicted octanol–water partition coefficient (Wildman–Crippen LogP) is 3.90. The minimum atomic E-state index is -0.331. The molecular formula is C19H32O2. The van der Waals surface area contributed by atoms with Crippen molar-refractivity contribution in [2.24, 2.45) is 29.1 Å². The molecule has 4 fully saturated rings. The molecule has 4 rings (SSSR count). The Hall–Kier alpha value is -0.0800. The second-order valence-corrected chi connectivity index (χ2v) is 8.65. The number of fused-ring (bicyclic) bond motifs is 5. The minimum Gasteiger partial charge on any atom is -0.393 e. The van der Waals surface area contributed by atoms with E-state index in [1.807, 2.05) is 0 Å². The Kier molecular flexibility index (Phi) is 3.43. The minimum absolute atomic E-state index is 0.0550. The van der Waals surface area contributed by atoms with Crippen LogP contribution in [0.25, 0.3) is 0 Å². The van der Waals surface area contributed by atoms with Crippen LogP contribution in [-0.4, -0.2) is 21.9 Å². The summed E-state index contributed by atoms with van der Waals surface area (Å²) in [7, 11) is 0. The quantitative estimate of drug-likeness (QED) is 0.769. The van der Waals surface area contributed by atoms with Crippen LogP contribution < -0.4 is 0 Å². The van der Waals surface area contributed by atoms with Crippen molar-refractivity contribution in [1.29, 1.82) is 0 Å². The van der Waals surface area contributed by atoms with Crippen molar-refractivity contribution in [3.8, 4) is 0 Å². The molecule has 2 nitrogen and oxygen atoms in total. The maximum absolute atomic E-state index is 11.1. The molecule has 0 radical (unpaired) electrons. The van der Waals surface area contributed by atoms with E-state index in [9.17, 15) is 10.2 Å². The molecule has 21 heavy (non-hydrogen) atoms. The molecule has 0 bridgehead atoms. The molecule has 0 amide bonds. The Morgan fingerprint density at radius 1 is 0.857 bits per heavy atom. The zero-order valence-electron chi connectivity index (χ0n) is 13.6. The third-order valence-corrected chi connectivity index (χ3v) is 8.31. The average Bonchev–Trinajstić information content (AvgIpc) is 2.84. The highest BCUT2D eigenvalue weighted by Crippen LogP contribution is 2.64. The first-order chi connectivity index (χ1) is 10.1. The van der Waals surface area contributed by atoms with Gasteiger partial charge in [0.05, 0.1) is 11.7 Å². The van der Waals surface area contributed by atoms with E-state index in [4.69, 9.17) is 0 Å². The normalized spacial score (nSPS) is 56.4. The highest BCUT2D eigenvalue weighted by Gasteiger charge is 2.60. The highest BCUT2D eigenvalue weighted by molar-refractivity contribution is 5.09. The largest absolute Gasteiger partial charge is 0.393 e. The average molecular weight is 292 g/mol. The maximum atomic E-state index is 11.1. The van der Waals surface area contributed by atoms with Crippen molar-refractivity contribution in [2.45, 2.75) is 89.3 Å². The van der Waals surface area contributed by atoms with E-state index in [0.29, 0.717) is 5.92 Å². The van der Waals surface area contributed by atoms with E-state index in [2.05, 4.69) is 6.92 Å². The van der Waals surface area contributed by atoms with Crippen LogP contribution >= 0.6 is 0 Å². The number of aliphatic hydroxyl groups excluding tert-OH is 1. The SMILES string of the molecule is CC[C@]12CC[C@H]3[C@@H](CC[C@@]4(O)CCCC[C@H]34)[C@@H]1CC[C@@H]2O. The molecule has 2 N–H and O–H groups in total. The molecular weight excluding hydrogens is 260 g/mol. The monoisotopic (exact) mass is 292 g/mol. The number of hydrogen-bond donors (Lipinski definition) is 2. The number of aliphatic hydroxyl groups is 2. The Bertz CT molecular complexity index is 408. The number of rotatable bonds is 1. The second kappa shape index (κ2) is 4.96. The zero-order valence-corrected chi connectivity index (χ0v) is 13.6. The molecule has 0 aromatic heterocycles. The topological polar surface area (TPSA) is 40.5 Å². The fourth-order valence-electron chi connectivity index (χ4n) is 7.28. The predicted molar refractivity (Wildman–Crippen MR) is 83.8 cm³/mol. The van der Waals surface area contributed by atoms with Crippen LogP contribution in [0.4, 0.5) is 0 Å². The van der Waals surface area contributed by atoms with Crippen LogP contribution in [0.3, 0.4) is 0 Å². The van der Waals surface area contributed by atoms with E-state index in [1.165, 1.54) is 44.9 Å². The van der Waals surface area contributed by atoms with Gasteiger partial charge in [-0.3, -0.25) is 0 Å². The van der Waals surface area contributed by atoms with Gasteiger partial charge >= 0.3 is 0 Å². The van der Waals surface area contributed by atoms with E-state index in [0.717, 1.165) is 43.4 Å². The molecule has 0 unspecified atom stereocenters. The lowest BCUT2D eigenvalue weighted by Gasteiger charge is -2.58. The molecule has 0 spiro atoms. The smallest absolute Gasteiger partial charge is 0.0678 e. The lowest BCUT2D eigenvalue weighted by molar-refractivity contribution is -0.158. The Balaban J connectivity index is 1.63. The fraction of sp³-hybridized carbons (Fsp3) is 1.00. The van der Waals surface area contributed by atoms with E-state index < -0.39 is 0 Å². The van der Waals surface area contributed by atoms with Gasteiger partial charge in [-0.2, -0.15) is 0 Å². The first-order valence-corrected chi connectivity index (χ1v) is 9.51. The van der Waals surface area contributed by atoms with E-state index >= 15 is 0 Å². The van der Waals surface area contributed by atoms with Crippen molar-refractivity contribution in [1.82, 2.24) is 0 Å². The standard InChI is InChI=1S/C19H32O2/c1-2-18-11-8-14-13(15(18)6-7-17(18)20)9-12-19(21)10-4-3-5-16(14)19/h13-17,20-21H,2-12H2,1H3/t13-,14+,15+,16-,17+,18+,19+/m1/s1. The maximum Gasteiger partial charge on any atom is 0.0678 e. The molecule has 0 aromatic rings. The van der Waals surface area contributed by atoms with Gasteiger partial charge < -0.3 is 10.2 Å². The van der Waals surface area contributed by atoms with Crippen LogP contribution in [0.2, 0.25) is 0 Å². The Labute approximate surface area is 129 Å². The summed E-state index contributed by atoms with van der Waals surface area (Å²) in [6, 6.07) is 0. The van der Waals surface area contributed by atoms with Gasteiger partial charge in [-0.25, -0.2) is 0 Å². The molecule has 7 atom stereocenters. The summed E-state index contributed by atoms with van der Waals surface area (Å²) >= 11 is 0. The van der Waals surface area contributed by atoms with Gasteiger partial charge in [0.2, 0.25) is 0 Å². The molecule has 4 aliphatic carbocycles. The second-order valence-electron chi connectivity index (χ2n) is 8.65. The van der Waals surface area contributed by atoms with Crippen molar-refractivity contribution < 1.29 is 10.2 Å². The third kappa shape index (κ3) is 1.91. The van der Waals surface area contributed by atoms with Gasteiger partial charge in [-0.15, -0.1) is 0 Å². The first kappa shape index (κ1) is 14.5. The van der Waals surface area contributed by atoms with Crippen molar-refractivity contribution in [3.05, 3.63) is 0 Å². The molecule has 120 valence electrons. The summed E-state index contributed by atoms with van der Waals surface area (Å²) in [6.45, 7) is 2.29. The fourth-order valence-corrected chi connectivity index (χ4v) is 7.28. The van der Waals surface area contributed by atoms with E-state index in [1.54, 1.807) is 0 Å². The van der Waals surface area contributed by atoms with Crippen molar-refractivity contribution in [2.75, 3.05) is 0 Å². The molecule has 4 aliphatic rings. The Morgan fingerprint density at radius 3 is 2.43 bits per heavy atom. The van der Waals surface area contributed by atoms with Gasteiger partial charge in [-0.1, -0.05) is 19.8 Å². The summed E-state index contributed by atoms with van der Waals surface area (Å²) in [6.07, 6.45) is 12.9. The first-order valence-electron chi connectivity index (χ1n) is 9.51. The van der Waals surface area contributed by atoms with Gasteiger partial charge in [0.25, 0.3) is 0 Å². The van der Waals surface area contributed by atoms with E-state index in [-0.39, 0.29) is 17.1 Å². The summed E-state index contributed by atoms with van der Waals surface area (Å²) < 4.78 is 0. The molecule has 0 heterocycles. The number of hydrogen-bond acceptors (Lipinski definition) is 2. The summed E-state index contributed by atoms with van der Waals surface area (Å²) in [5.74, 6) is 2.85. The van der Waals surface area contributed by atoms with Crippen LogP contribution in [0.1, 0.15) is 77.6 Å². The zero-order chi connectivity index (χ0) is 14.7.